The zero-order valence-corrected chi connectivity index (χ0v) is 9.58. The fourth-order valence-electron chi connectivity index (χ4n) is 2.15. The SMILES string of the molecule is CC1CCC(OCC2(C)CO2)CC1C. The molecule has 0 spiro atoms. The van der Waals surface area contributed by atoms with E-state index in [0.717, 1.165) is 25.0 Å². The number of rotatable bonds is 3. The van der Waals surface area contributed by atoms with Crippen molar-refractivity contribution in [2.45, 2.75) is 51.7 Å². The van der Waals surface area contributed by atoms with Gasteiger partial charge >= 0.3 is 0 Å². The van der Waals surface area contributed by atoms with Crippen LogP contribution in [0.5, 0.6) is 0 Å². The number of epoxide rings is 1. The Morgan fingerprint density at radius 2 is 2.00 bits per heavy atom. The predicted octanol–water partition coefficient (Wildman–Crippen LogP) is 2.62. The highest BCUT2D eigenvalue weighted by molar-refractivity contribution is 4.87. The van der Waals surface area contributed by atoms with Crippen molar-refractivity contribution in [3.05, 3.63) is 0 Å². The van der Waals surface area contributed by atoms with Gasteiger partial charge in [0.15, 0.2) is 0 Å². The van der Waals surface area contributed by atoms with Gasteiger partial charge in [0.05, 0.1) is 19.3 Å². The number of hydrogen-bond donors (Lipinski definition) is 0. The van der Waals surface area contributed by atoms with E-state index in [1.807, 2.05) is 0 Å². The zero-order chi connectivity index (χ0) is 10.2. The first-order valence-electron chi connectivity index (χ1n) is 5.85. The van der Waals surface area contributed by atoms with E-state index in [-0.39, 0.29) is 5.60 Å². The molecule has 0 aromatic carbocycles. The lowest BCUT2D eigenvalue weighted by atomic mass is 9.80. The second-order valence-corrected chi connectivity index (χ2v) is 5.44. The fourth-order valence-corrected chi connectivity index (χ4v) is 2.15. The van der Waals surface area contributed by atoms with Gasteiger partial charge in [-0.2, -0.15) is 0 Å². The normalized spacial score (nSPS) is 47.8. The van der Waals surface area contributed by atoms with Crippen molar-refractivity contribution in [3.63, 3.8) is 0 Å². The molecule has 0 bridgehead atoms. The van der Waals surface area contributed by atoms with Gasteiger partial charge in [0, 0.05) is 0 Å². The Morgan fingerprint density at radius 1 is 1.29 bits per heavy atom. The van der Waals surface area contributed by atoms with Crippen LogP contribution in [0.3, 0.4) is 0 Å². The van der Waals surface area contributed by atoms with Crippen molar-refractivity contribution in [1.29, 1.82) is 0 Å². The summed E-state index contributed by atoms with van der Waals surface area (Å²) in [6.07, 6.45) is 4.28. The summed E-state index contributed by atoms with van der Waals surface area (Å²) in [5.41, 5.74) is 0.0618. The van der Waals surface area contributed by atoms with Gasteiger partial charge in [-0.05, 0) is 38.0 Å². The molecule has 0 aromatic heterocycles. The molecule has 1 saturated carbocycles. The molecule has 1 saturated heterocycles. The third-order valence-electron chi connectivity index (χ3n) is 3.81. The van der Waals surface area contributed by atoms with E-state index >= 15 is 0 Å². The summed E-state index contributed by atoms with van der Waals surface area (Å²) in [6, 6.07) is 0. The molecule has 14 heavy (non-hydrogen) atoms. The van der Waals surface area contributed by atoms with Gasteiger partial charge in [0.2, 0.25) is 0 Å². The highest BCUT2D eigenvalue weighted by Gasteiger charge is 2.40. The molecule has 1 aliphatic carbocycles. The molecule has 0 aromatic rings. The summed E-state index contributed by atoms with van der Waals surface area (Å²) in [4.78, 5) is 0. The van der Waals surface area contributed by atoms with Crippen LogP contribution in [-0.4, -0.2) is 24.9 Å². The summed E-state index contributed by atoms with van der Waals surface area (Å²) in [5.74, 6) is 1.70. The molecule has 0 N–H and O–H groups in total. The Hall–Kier alpha value is -0.0800. The number of hydrogen-bond acceptors (Lipinski definition) is 2. The van der Waals surface area contributed by atoms with Crippen molar-refractivity contribution < 1.29 is 9.47 Å². The first-order valence-corrected chi connectivity index (χ1v) is 5.85. The number of ether oxygens (including phenoxy) is 2. The molecule has 1 aliphatic heterocycles. The van der Waals surface area contributed by atoms with E-state index in [1.165, 1.54) is 19.3 Å². The first-order chi connectivity index (χ1) is 6.59. The predicted molar refractivity (Wildman–Crippen MR) is 56.3 cm³/mol. The van der Waals surface area contributed by atoms with Gasteiger partial charge in [-0.25, -0.2) is 0 Å². The molecule has 1 heterocycles. The Morgan fingerprint density at radius 3 is 2.57 bits per heavy atom. The van der Waals surface area contributed by atoms with Crippen molar-refractivity contribution in [2.75, 3.05) is 13.2 Å². The third-order valence-corrected chi connectivity index (χ3v) is 3.81. The minimum Gasteiger partial charge on any atom is -0.375 e. The molecule has 2 rings (SSSR count). The average molecular weight is 198 g/mol. The van der Waals surface area contributed by atoms with Crippen molar-refractivity contribution in [3.8, 4) is 0 Å². The van der Waals surface area contributed by atoms with E-state index in [1.54, 1.807) is 0 Å². The lowest BCUT2D eigenvalue weighted by molar-refractivity contribution is -0.0183. The van der Waals surface area contributed by atoms with Gasteiger partial charge in [-0.3, -0.25) is 0 Å². The van der Waals surface area contributed by atoms with Crippen LogP contribution in [0.15, 0.2) is 0 Å². The van der Waals surface area contributed by atoms with E-state index in [9.17, 15) is 0 Å². The summed E-state index contributed by atoms with van der Waals surface area (Å²) < 4.78 is 11.2. The van der Waals surface area contributed by atoms with Crippen LogP contribution in [0.2, 0.25) is 0 Å². The van der Waals surface area contributed by atoms with Crippen LogP contribution >= 0.6 is 0 Å². The average Bonchev–Trinajstić information content (AvgIpc) is 2.87. The van der Waals surface area contributed by atoms with Crippen LogP contribution in [0, 0.1) is 11.8 Å². The largest absolute Gasteiger partial charge is 0.375 e. The van der Waals surface area contributed by atoms with Gasteiger partial charge in [0.1, 0.15) is 5.60 Å². The van der Waals surface area contributed by atoms with Crippen LogP contribution in [0.1, 0.15) is 40.0 Å². The fraction of sp³-hybridized carbons (Fsp3) is 1.00. The Kier molecular flexibility index (Phi) is 2.85. The lowest BCUT2D eigenvalue weighted by Crippen LogP contribution is -2.29. The van der Waals surface area contributed by atoms with Crippen LogP contribution in [-0.2, 0) is 9.47 Å². The summed E-state index contributed by atoms with van der Waals surface area (Å²) in [7, 11) is 0. The molecule has 2 aliphatic rings. The Labute approximate surface area is 87.0 Å². The molecule has 82 valence electrons. The molecule has 0 amide bonds. The minimum atomic E-state index is 0.0618. The Balaban J connectivity index is 1.71. The second-order valence-electron chi connectivity index (χ2n) is 5.44. The smallest absolute Gasteiger partial charge is 0.112 e. The highest BCUT2D eigenvalue weighted by Crippen LogP contribution is 2.33. The van der Waals surface area contributed by atoms with Gasteiger partial charge in [-0.15, -0.1) is 0 Å². The van der Waals surface area contributed by atoms with Crippen molar-refractivity contribution >= 4 is 0 Å². The van der Waals surface area contributed by atoms with E-state index in [0.29, 0.717) is 6.10 Å². The molecule has 2 nitrogen and oxygen atoms in total. The molecule has 2 fully saturated rings. The second kappa shape index (κ2) is 3.82. The van der Waals surface area contributed by atoms with Crippen molar-refractivity contribution in [1.82, 2.24) is 0 Å². The standard InChI is InChI=1S/C12H22O2/c1-9-4-5-11(6-10(9)2)13-7-12(3)8-14-12/h9-11H,4-8H2,1-3H3. The first kappa shape index (κ1) is 10.4. The van der Waals surface area contributed by atoms with Gasteiger partial charge in [0.25, 0.3) is 0 Å². The topological polar surface area (TPSA) is 21.8 Å². The summed E-state index contributed by atoms with van der Waals surface area (Å²) >= 11 is 0. The molecule has 0 radical (unpaired) electrons. The third kappa shape index (κ3) is 2.48. The van der Waals surface area contributed by atoms with E-state index < -0.39 is 0 Å². The highest BCUT2D eigenvalue weighted by atomic mass is 16.6. The minimum absolute atomic E-state index is 0.0618. The monoisotopic (exact) mass is 198 g/mol. The van der Waals surface area contributed by atoms with Crippen LogP contribution in [0.4, 0.5) is 0 Å². The van der Waals surface area contributed by atoms with Crippen LogP contribution in [0.25, 0.3) is 0 Å². The molecular weight excluding hydrogens is 176 g/mol. The van der Waals surface area contributed by atoms with Crippen LogP contribution < -0.4 is 0 Å². The lowest BCUT2D eigenvalue weighted by Gasteiger charge is -2.32. The van der Waals surface area contributed by atoms with Crippen molar-refractivity contribution in [2.24, 2.45) is 11.8 Å². The van der Waals surface area contributed by atoms with E-state index in [2.05, 4.69) is 20.8 Å². The zero-order valence-electron chi connectivity index (χ0n) is 9.58. The quantitative estimate of drug-likeness (QED) is 0.650. The Bertz CT molecular complexity index is 198. The molecule has 4 unspecified atom stereocenters. The van der Waals surface area contributed by atoms with Gasteiger partial charge < -0.3 is 9.47 Å². The summed E-state index contributed by atoms with van der Waals surface area (Å²) in [6.45, 7) is 8.49. The maximum absolute atomic E-state index is 5.90. The van der Waals surface area contributed by atoms with E-state index in [4.69, 9.17) is 9.47 Å². The molecule has 4 atom stereocenters. The molecular formula is C12H22O2. The molecule has 2 heteroatoms. The maximum Gasteiger partial charge on any atom is 0.112 e. The summed E-state index contributed by atoms with van der Waals surface area (Å²) in [5, 5.41) is 0. The van der Waals surface area contributed by atoms with Gasteiger partial charge in [-0.1, -0.05) is 13.8 Å². The maximum atomic E-state index is 5.90.